The number of nitriles is 1. The number of carbonyl (C=O) groups is 2. The van der Waals surface area contributed by atoms with Gasteiger partial charge in [0.25, 0.3) is 11.8 Å². The smallest absolute Gasteiger partial charge is 0.260 e. The van der Waals surface area contributed by atoms with E-state index in [9.17, 15) is 9.59 Å². The van der Waals surface area contributed by atoms with Crippen LogP contribution in [0.5, 0.6) is 0 Å². The molecule has 0 fully saturated rings. The van der Waals surface area contributed by atoms with Crippen LogP contribution in [0, 0.1) is 17.2 Å². The van der Waals surface area contributed by atoms with Gasteiger partial charge in [0, 0.05) is 0 Å². The minimum atomic E-state index is -0.595. The number of hydrogen-bond acceptors (Lipinski definition) is 4. The lowest BCUT2D eigenvalue weighted by molar-refractivity contribution is -0.137. The third kappa shape index (κ3) is 2.19. The van der Waals surface area contributed by atoms with Crippen molar-refractivity contribution in [2.24, 2.45) is 10.9 Å². The maximum atomic E-state index is 12.1. The average molecular weight is 260 g/mol. The number of thiocarbonyl (C=S) groups is 1. The van der Waals surface area contributed by atoms with Gasteiger partial charge in [0.05, 0.1) is 11.8 Å². The summed E-state index contributed by atoms with van der Waals surface area (Å²) in [7, 11) is 0. The number of hydrogen-bond donors (Lipinski definition) is 1. The SMILES string of the molecule is N#CCC(=O)NN1C(=O)C2C=CC=CC2=NC1=S. The minimum absolute atomic E-state index is 0.0301. The number of rotatable bonds is 2. The Balaban J connectivity index is 2.21. The fourth-order valence-corrected chi connectivity index (χ4v) is 1.82. The van der Waals surface area contributed by atoms with E-state index in [1.807, 2.05) is 0 Å². The highest BCUT2D eigenvalue weighted by Gasteiger charge is 2.34. The lowest BCUT2D eigenvalue weighted by atomic mass is 9.96. The molecule has 90 valence electrons. The lowest BCUT2D eigenvalue weighted by Crippen LogP contribution is -2.54. The number of carbonyl (C=O) groups excluding carboxylic acids is 2. The molecule has 0 bridgehead atoms. The van der Waals surface area contributed by atoms with Gasteiger partial charge in [0.1, 0.15) is 12.3 Å². The molecular weight excluding hydrogens is 252 g/mol. The van der Waals surface area contributed by atoms with Crippen LogP contribution in [0.15, 0.2) is 29.3 Å². The molecule has 6 nitrogen and oxygen atoms in total. The zero-order chi connectivity index (χ0) is 13.1. The van der Waals surface area contributed by atoms with E-state index in [2.05, 4.69) is 10.4 Å². The molecule has 2 rings (SSSR count). The summed E-state index contributed by atoms with van der Waals surface area (Å²) in [4.78, 5) is 27.4. The van der Waals surface area contributed by atoms with Crippen molar-refractivity contribution >= 4 is 34.9 Å². The van der Waals surface area contributed by atoms with E-state index in [0.717, 1.165) is 5.01 Å². The van der Waals surface area contributed by atoms with Gasteiger partial charge in [-0.05, 0) is 18.3 Å². The number of fused-ring (bicyclic) bond motifs is 1. The van der Waals surface area contributed by atoms with Crippen LogP contribution in [-0.4, -0.2) is 27.6 Å². The van der Waals surface area contributed by atoms with Gasteiger partial charge in [-0.25, -0.2) is 4.99 Å². The Hall–Kier alpha value is -2.33. The zero-order valence-corrected chi connectivity index (χ0v) is 9.98. The first-order valence-corrected chi connectivity index (χ1v) is 5.52. The predicted molar refractivity (Wildman–Crippen MR) is 67.0 cm³/mol. The van der Waals surface area contributed by atoms with Crippen LogP contribution >= 0.6 is 12.2 Å². The molecule has 0 aromatic carbocycles. The van der Waals surface area contributed by atoms with Crippen molar-refractivity contribution in [1.82, 2.24) is 10.4 Å². The Bertz CT molecular complexity index is 556. The third-order valence-corrected chi connectivity index (χ3v) is 2.65. The van der Waals surface area contributed by atoms with E-state index >= 15 is 0 Å². The molecule has 0 aromatic rings. The van der Waals surface area contributed by atoms with Crippen LogP contribution in [0.25, 0.3) is 0 Å². The van der Waals surface area contributed by atoms with Crippen molar-refractivity contribution in [2.75, 3.05) is 0 Å². The van der Waals surface area contributed by atoms with Gasteiger partial charge in [-0.1, -0.05) is 18.2 Å². The molecule has 0 saturated heterocycles. The van der Waals surface area contributed by atoms with Gasteiger partial charge >= 0.3 is 0 Å². The summed E-state index contributed by atoms with van der Waals surface area (Å²) in [5, 5.41) is 9.27. The highest BCUT2D eigenvalue weighted by Crippen LogP contribution is 2.18. The molecule has 0 radical (unpaired) electrons. The van der Waals surface area contributed by atoms with Crippen molar-refractivity contribution in [1.29, 1.82) is 5.26 Å². The summed E-state index contributed by atoms with van der Waals surface area (Å²) < 4.78 is 0. The van der Waals surface area contributed by atoms with Crippen LogP contribution < -0.4 is 5.43 Å². The van der Waals surface area contributed by atoms with Crippen LogP contribution in [0.1, 0.15) is 6.42 Å². The van der Waals surface area contributed by atoms with Crippen LogP contribution in [0.2, 0.25) is 0 Å². The number of amides is 2. The maximum absolute atomic E-state index is 12.1. The Morgan fingerprint density at radius 1 is 1.61 bits per heavy atom. The van der Waals surface area contributed by atoms with Gasteiger partial charge in [0.15, 0.2) is 0 Å². The van der Waals surface area contributed by atoms with E-state index in [0.29, 0.717) is 5.71 Å². The standard InChI is InChI=1S/C11H8N4O2S/c12-6-5-9(16)14-15-10(17)7-3-1-2-4-8(7)13-11(15)18/h1-4,7H,5H2,(H,14,16). The largest absolute Gasteiger partial charge is 0.272 e. The molecule has 1 heterocycles. The van der Waals surface area contributed by atoms with Crippen LogP contribution in [-0.2, 0) is 9.59 Å². The normalized spacial score (nSPS) is 21.2. The molecule has 2 aliphatic rings. The molecule has 2 amide bonds. The predicted octanol–water partition coefficient (Wildman–Crippen LogP) is 0.242. The molecule has 0 spiro atoms. The van der Waals surface area contributed by atoms with Gasteiger partial charge < -0.3 is 0 Å². The molecule has 1 unspecified atom stereocenters. The Morgan fingerprint density at radius 2 is 2.39 bits per heavy atom. The molecule has 18 heavy (non-hydrogen) atoms. The molecular formula is C11H8N4O2S. The van der Waals surface area contributed by atoms with E-state index in [1.54, 1.807) is 30.4 Å². The number of aliphatic imine (C=N–C) groups is 1. The highest BCUT2D eigenvalue weighted by atomic mass is 32.1. The summed E-state index contributed by atoms with van der Waals surface area (Å²) in [6.07, 6.45) is 6.51. The minimum Gasteiger partial charge on any atom is -0.272 e. The monoisotopic (exact) mass is 260 g/mol. The second-order valence-electron chi connectivity index (χ2n) is 3.58. The molecule has 0 aromatic heterocycles. The second kappa shape index (κ2) is 4.89. The molecule has 7 heteroatoms. The van der Waals surface area contributed by atoms with Crippen LogP contribution in [0.3, 0.4) is 0 Å². The fraction of sp³-hybridized carbons (Fsp3) is 0.182. The highest BCUT2D eigenvalue weighted by molar-refractivity contribution is 7.80. The maximum Gasteiger partial charge on any atom is 0.260 e. The number of allylic oxidation sites excluding steroid dienone is 3. The summed E-state index contributed by atoms with van der Waals surface area (Å²) >= 11 is 4.94. The summed E-state index contributed by atoms with van der Waals surface area (Å²) in [6, 6.07) is 1.69. The van der Waals surface area contributed by atoms with Crippen molar-refractivity contribution in [2.45, 2.75) is 6.42 Å². The van der Waals surface area contributed by atoms with E-state index < -0.39 is 11.8 Å². The van der Waals surface area contributed by atoms with Gasteiger partial charge in [-0.15, -0.1) is 0 Å². The first-order valence-electron chi connectivity index (χ1n) is 5.11. The van der Waals surface area contributed by atoms with E-state index in [1.165, 1.54) is 0 Å². The van der Waals surface area contributed by atoms with E-state index in [-0.39, 0.29) is 17.4 Å². The van der Waals surface area contributed by atoms with Crippen molar-refractivity contribution < 1.29 is 9.59 Å². The number of nitrogens with zero attached hydrogens (tertiary/aromatic N) is 3. The lowest BCUT2D eigenvalue weighted by Gasteiger charge is -2.29. The Morgan fingerprint density at radius 3 is 3.11 bits per heavy atom. The average Bonchev–Trinajstić information content (AvgIpc) is 2.35. The Kier molecular flexibility index (Phi) is 3.30. The third-order valence-electron chi connectivity index (χ3n) is 2.38. The Labute approximate surface area is 108 Å². The quantitative estimate of drug-likeness (QED) is 0.721. The molecule has 1 aliphatic carbocycles. The molecule has 1 atom stereocenters. The summed E-state index contributed by atoms with van der Waals surface area (Å²) in [5.41, 5.74) is 2.82. The fourth-order valence-electron chi connectivity index (χ4n) is 1.58. The first kappa shape index (κ1) is 12.1. The van der Waals surface area contributed by atoms with Gasteiger partial charge in [-0.3, -0.25) is 15.0 Å². The van der Waals surface area contributed by atoms with Crippen molar-refractivity contribution in [3.8, 4) is 6.07 Å². The van der Waals surface area contributed by atoms with Crippen molar-refractivity contribution in [3.63, 3.8) is 0 Å². The zero-order valence-electron chi connectivity index (χ0n) is 9.16. The van der Waals surface area contributed by atoms with Gasteiger partial charge in [-0.2, -0.15) is 10.3 Å². The second-order valence-corrected chi connectivity index (χ2v) is 3.95. The molecule has 1 aliphatic heterocycles. The molecule has 1 N–H and O–H groups in total. The number of hydrazine groups is 1. The molecule has 0 saturated carbocycles. The topological polar surface area (TPSA) is 85.6 Å². The first-order chi connectivity index (χ1) is 8.63. The van der Waals surface area contributed by atoms with Gasteiger partial charge in [0.2, 0.25) is 5.11 Å². The summed E-state index contributed by atoms with van der Waals surface area (Å²) in [5.74, 6) is -1.51. The number of nitrogens with one attached hydrogen (secondary N) is 1. The van der Waals surface area contributed by atoms with Crippen molar-refractivity contribution in [3.05, 3.63) is 24.3 Å². The van der Waals surface area contributed by atoms with Crippen LogP contribution in [0.4, 0.5) is 0 Å². The summed E-state index contributed by atoms with van der Waals surface area (Å²) in [6.45, 7) is 0. The van der Waals surface area contributed by atoms with E-state index in [4.69, 9.17) is 17.5 Å².